The smallest absolute Gasteiger partial charge is 0.309 e. The van der Waals surface area contributed by atoms with Crippen LogP contribution in [0, 0.1) is 5.92 Å². The Morgan fingerprint density at radius 2 is 1.96 bits per heavy atom. The van der Waals surface area contributed by atoms with E-state index >= 15 is 0 Å². The highest BCUT2D eigenvalue weighted by Gasteiger charge is 2.27. The zero-order valence-electron chi connectivity index (χ0n) is 14.9. The summed E-state index contributed by atoms with van der Waals surface area (Å²) in [5, 5.41) is 7.38. The Hall–Kier alpha value is -1.89. The van der Waals surface area contributed by atoms with E-state index in [1.165, 1.54) is 12.8 Å². The summed E-state index contributed by atoms with van der Waals surface area (Å²) in [6, 6.07) is 2.27. The number of anilines is 1. The zero-order chi connectivity index (χ0) is 17.6. The van der Waals surface area contributed by atoms with Gasteiger partial charge in [0.1, 0.15) is 5.82 Å². The lowest BCUT2D eigenvalue weighted by Crippen LogP contribution is -2.41. The van der Waals surface area contributed by atoms with E-state index in [9.17, 15) is 9.59 Å². The van der Waals surface area contributed by atoms with Gasteiger partial charge in [0.15, 0.2) is 0 Å². The molecule has 1 N–H and O–H groups in total. The lowest BCUT2D eigenvalue weighted by molar-refractivity contribution is -0.149. The van der Waals surface area contributed by atoms with E-state index in [1.807, 2.05) is 17.7 Å². The Morgan fingerprint density at radius 1 is 1.24 bits per heavy atom. The van der Waals surface area contributed by atoms with Crippen molar-refractivity contribution >= 4 is 17.7 Å². The molecule has 0 radical (unpaired) electrons. The molecule has 0 aromatic carbocycles. The van der Waals surface area contributed by atoms with Crippen molar-refractivity contribution in [3.8, 4) is 0 Å². The van der Waals surface area contributed by atoms with Gasteiger partial charge in [0.2, 0.25) is 5.91 Å². The normalized spacial score (nSPS) is 19.9. The number of likely N-dealkylation sites (tertiary alicyclic amines) is 1. The van der Waals surface area contributed by atoms with E-state index in [0.717, 1.165) is 44.6 Å². The predicted molar refractivity (Wildman–Crippen MR) is 94.2 cm³/mol. The molecule has 0 atom stereocenters. The third-order valence-corrected chi connectivity index (χ3v) is 5.18. The predicted octanol–water partition coefficient (Wildman–Crippen LogP) is 2.21. The molecule has 1 aliphatic carbocycles. The number of amides is 1. The van der Waals surface area contributed by atoms with Gasteiger partial charge < -0.3 is 10.1 Å². The Morgan fingerprint density at radius 3 is 2.64 bits per heavy atom. The number of nitrogens with one attached hydrogen (secondary N) is 1. The maximum Gasteiger partial charge on any atom is 0.309 e. The van der Waals surface area contributed by atoms with Crippen LogP contribution in [0.5, 0.6) is 0 Å². The molecule has 0 unspecified atom stereocenters. The van der Waals surface area contributed by atoms with Gasteiger partial charge in [0.05, 0.1) is 31.3 Å². The zero-order valence-corrected chi connectivity index (χ0v) is 14.9. The molecular formula is C18H28N4O3. The number of piperidine rings is 1. The van der Waals surface area contributed by atoms with Crippen LogP contribution in [0.4, 0.5) is 5.82 Å². The van der Waals surface area contributed by atoms with Gasteiger partial charge in [-0.25, -0.2) is 4.68 Å². The number of rotatable bonds is 6. The second kappa shape index (κ2) is 8.47. The molecule has 0 spiro atoms. The first-order valence-corrected chi connectivity index (χ1v) is 9.39. The third-order valence-electron chi connectivity index (χ3n) is 5.18. The molecule has 1 aliphatic heterocycles. The van der Waals surface area contributed by atoms with Crippen LogP contribution in [0.1, 0.15) is 51.5 Å². The lowest BCUT2D eigenvalue weighted by atomic mass is 9.97. The van der Waals surface area contributed by atoms with E-state index in [2.05, 4.69) is 15.3 Å². The van der Waals surface area contributed by atoms with Crippen LogP contribution >= 0.6 is 0 Å². The monoisotopic (exact) mass is 348 g/mol. The Kier molecular flexibility index (Phi) is 6.07. The quantitative estimate of drug-likeness (QED) is 0.798. The van der Waals surface area contributed by atoms with Crippen LogP contribution in [0.3, 0.4) is 0 Å². The maximum absolute atomic E-state index is 12.4. The summed E-state index contributed by atoms with van der Waals surface area (Å²) in [5.74, 6) is 0.641. The molecule has 2 heterocycles. The Bertz CT molecular complexity index is 587. The molecule has 7 nitrogen and oxygen atoms in total. The first-order chi connectivity index (χ1) is 12.2. The third kappa shape index (κ3) is 4.60. The Labute approximate surface area is 148 Å². The average Bonchev–Trinajstić information content (AvgIpc) is 3.26. The van der Waals surface area contributed by atoms with E-state index in [0.29, 0.717) is 19.2 Å². The molecule has 138 valence electrons. The van der Waals surface area contributed by atoms with Crippen molar-refractivity contribution in [2.24, 2.45) is 5.92 Å². The summed E-state index contributed by atoms with van der Waals surface area (Å²) in [5.41, 5.74) is 0. The highest BCUT2D eigenvalue weighted by molar-refractivity contribution is 5.91. The van der Waals surface area contributed by atoms with Gasteiger partial charge in [0, 0.05) is 6.07 Å². The molecular weight excluding hydrogens is 320 g/mol. The highest BCUT2D eigenvalue weighted by atomic mass is 16.5. The van der Waals surface area contributed by atoms with Crippen LogP contribution < -0.4 is 5.32 Å². The van der Waals surface area contributed by atoms with Crippen LogP contribution in [-0.2, 0) is 14.3 Å². The van der Waals surface area contributed by atoms with Crippen molar-refractivity contribution in [1.82, 2.24) is 14.7 Å². The second-order valence-electron chi connectivity index (χ2n) is 6.95. The van der Waals surface area contributed by atoms with Gasteiger partial charge in [0.25, 0.3) is 0 Å². The van der Waals surface area contributed by atoms with Gasteiger partial charge in [-0.2, -0.15) is 5.10 Å². The highest BCUT2D eigenvalue weighted by Crippen LogP contribution is 2.31. The minimum Gasteiger partial charge on any atom is -0.466 e. The van der Waals surface area contributed by atoms with Gasteiger partial charge >= 0.3 is 5.97 Å². The minimum absolute atomic E-state index is 0.0191. The molecule has 25 heavy (non-hydrogen) atoms. The summed E-state index contributed by atoms with van der Waals surface area (Å²) in [6.07, 6.45) is 7.98. The molecule has 0 bridgehead atoms. The second-order valence-corrected chi connectivity index (χ2v) is 6.95. The van der Waals surface area contributed by atoms with Gasteiger partial charge in [-0.3, -0.25) is 14.5 Å². The average molecular weight is 348 g/mol. The molecule has 7 heteroatoms. The van der Waals surface area contributed by atoms with Crippen molar-refractivity contribution in [2.45, 2.75) is 51.5 Å². The standard InChI is InChI=1S/C18H28N4O3/c1-2-25-18(24)14-8-11-21(12-9-14)13-17(23)20-16-7-10-19-22(16)15-5-3-4-6-15/h7,10,14-15H,2-6,8-9,11-13H2,1H3,(H,20,23). The topological polar surface area (TPSA) is 76.5 Å². The number of nitrogens with zero attached hydrogens (tertiary/aromatic N) is 3. The summed E-state index contributed by atoms with van der Waals surface area (Å²) < 4.78 is 7.04. The fourth-order valence-electron chi connectivity index (χ4n) is 3.83. The molecule has 2 fully saturated rings. The minimum atomic E-state index is -0.105. The molecule has 3 rings (SSSR count). The SMILES string of the molecule is CCOC(=O)C1CCN(CC(=O)Nc2ccnn2C2CCCC2)CC1. The van der Waals surface area contributed by atoms with E-state index < -0.39 is 0 Å². The van der Waals surface area contributed by atoms with Gasteiger partial charge in [-0.15, -0.1) is 0 Å². The van der Waals surface area contributed by atoms with Crippen LogP contribution in [0.25, 0.3) is 0 Å². The first kappa shape index (κ1) is 17.9. The number of ether oxygens (including phenoxy) is 1. The Balaban J connectivity index is 1.46. The molecule has 1 aromatic rings. The summed E-state index contributed by atoms with van der Waals surface area (Å²) >= 11 is 0. The largest absolute Gasteiger partial charge is 0.466 e. The van der Waals surface area contributed by atoms with Gasteiger partial charge in [-0.05, 0) is 45.7 Å². The van der Waals surface area contributed by atoms with Crippen LogP contribution in [0.15, 0.2) is 12.3 Å². The fourth-order valence-corrected chi connectivity index (χ4v) is 3.83. The molecule has 1 amide bonds. The summed E-state index contributed by atoms with van der Waals surface area (Å²) in [6.45, 7) is 4.10. The fraction of sp³-hybridized carbons (Fsp3) is 0.722. The van der Waals surface area contributed by atoms with Crippen molar-refractivity contribution in [3.63, 3.8) is 0 Å². The maximum atomic E-state index is 12.4. The number of hydrogen-bond donors (Lipinski definition) is 1. The molecule has 2 aliphatic rings. The van der Waals surface area contributed by atoms with Crippen molar-refractivity contribution in [1.29, 1.82) is 0 Å². The molecule has 1 saturated heterocycles. The van der Waals surface area contributed by atoms with Crippen molar-refractivity contribution in [2.75, 3.05) is 31.6 Å². The lowest BCUT2D eigenvalue weighted by Gasteiger charge is -2.30. The van der Waals surface area contributed by atoms with Crippen molar-refractivity contribution < 1.29 is 14.3 Å². The number of carbonyl (C=O) groups excluding carboxylic acids is 2. The van der Waals surface area contributed by atoms with Crippen LogP contribution in [0.2, 0.25) is 0 Å². The molecule has 1 aromatic heterocycles. The van der Waals surface area contributed by atoms with Crippen molar-refractivity contribution in [3.05, 3.63) is 12.3 Å². The summed E-state index contributed by atoms with van der Waals surface area (Å²) in [7, 11) is 0. The molecule has 1 saturated carbocycles. The number of carbonyl (C=O) groups is 2. The number of esters is 1. The van der Waals surface area contributed by atoms with Crippen LogP contribution in [-0.4, -0.2) is 52.8 Å². The first-order valence-electron chi connectivity index (χ1n) is 9.39. The van der Waals surface area contributed by atoms with E-state index in [1.54, 1.807) is 6.20 Å². The number of hydrogen-bond acceptors (Lipinski definition) is 5. The number of aromatic nitrogens is 2. The van der Waals surface area contributed by atoms with E-state index in [-0.39, 0.29) is 17.8 Å². The summed E-state index contributed by atoms with van der Waals surface area (Å²) in [4.78, 5) is 26.2. The van der Waals surface area contributed by atoms with Gasteiger partial charge in [-0.1, -0.05) is 12.8 Å². The van der Waals surface area contributed by atoms with E-state index in [4.69, 9.17) is 4.74 Å².